The Bertz CT molecular complexity index is 195. The van der Waals surface area contributed by atoms with Gasteiger partial charge < -0.3 is 31.9 Å². The molecule has 0 aromatic heterocycles. The van der Waals surface area contributed by atoms with Crippen molar-refractivity contribution < 1.29 is 20.4 Å². The monoisotopic (exact) mass is 222 g/mol. The highest BCUT2D eigenvalue weighted by Gasteiger charge is 2.43. The molecule has 0 aromatic carbocycles. The fraction of sp³-hybridized carbons (Fsp3) is 1.00. The van der Waals surface area contributed by atoms with Crippen LogP contribution in [0.25, 0.3) is 0 Å². The van der Waals surface area contributed by atoms with Gasteiger partial charge in [-0.2, -0.15) is 0 Å². The van der Waals surface area contributed by atoms with Crippen molar-refractivity contribution in [2.45, 2.75) is 43.6 Å². The minimum Gasteiger partial charge on any atom is -0.394 e. The molecule has 92 valence electrons. The van der Waals surface area contributed by atoms with Crippen LogP contribution in [0.2, 0.25) is 0 Å². The molecule has 0 rings (SSSR count). The predicted octanol–water partition coefficient (Wildman–Crippen LogP) is -2.48. The molecule has 0 aliphatic rings. The summed E-state index contributed by atoms with van der Waals surface area (Å²) >= 11 is 0. The lowest BCUT2D eigenvalue weighted by Gasteiger charge is -2.40. The summed E-state index contributed by atoms with van der Waals surface area (Å²) in [5.74, 6) is 0. The smallest absolute Gasteiger partial charge is 0.102 e. The molecule has 0 bridgehead atoms. The summed E-state index contributed by atoms with van der Waals surface area (Å²) in [6.07, 6.45) is -2.52. The summed E-state index contributed by atoms with van der Waals surface area (Å²) in [7, 11) is 0. The van der Waals surface area contributed by atoms with E-state index < -0.39 is 36.5 Å². The zero-order chi connectivity index (χ0) is 12.3. The van der Waals surface area contributed by atoms with Crippen LogP contribution in [0.3, 0.4) is 0 Å². The zero-order valence-corrected chi connectivity index (χ0v) is 9.22. The highest BCUT2D eigenvalue weighted by atomic mass is 16.3. The molecule has 4 atom stereocenters. The fourth-order valence-electron chi connectivity index (χ4n) is 1.18. The van der Waals surface area contributed by atoms with E-state index in [1.165, 1.54) is 6.92 Å². The highest BCUT2D eigenvalue weighted by Crippen LogP contribution is 2.20. The maximum Gasteiger partial charge on any atom is 0.102 e. The summed E-state index contributed by atoms with van der Waals surface area (Å²) in [6.45, 7) is 2.12. The summed E-state index contributed by atoms with van der Waals surface area (Å²) < 4.78 is 0. The van der Waals surface area contributed by atoms with E-state index in [0.29, 0.717) is 0 Å². The fourth-order valence-corrected chi connectivity index (χ4v) is 1.18. The van der Waals surface area contributed by atoms with E-state index in [4.69, 9.17) is 21.7 Å². The number of hydrogen-bond donors (Lipinski definition) is 6. The maximum atomic E-state index is 9.78. The molecule has 0 heterocycles. The second kappa shape index (κ2) is 5.20. The number of aliphatic hydroxyl groups excluding tert-OH is 4. The molecule has 0 saturated carbocycles. The van der Waals surface area contributed by atoms with Gasteiger partial charge in [-0.1, -0.05) is 6.92 Å². The lowest BCUT2D eigenvalue weighted by molar-refractivity contribution is -0.0847. The molecule has 0 spiro atoms. The summed E-state index contributed by atoms with van der Waals surface area (Å²) in [5, 5.41) is 37.5. The summed E-state index contributed by atoms with van der Waals surface area (Å²) in [5.41, 5.74) is 8.60. The minimum atomic E-state index is -1.40. The topological polar surface area (TPSA) is 133 Å². The minimum absolute atomic E-state index is 0.281. The van der Waals surface area contributed by atoms with Crippen molar-refractivity contribution in [2.75, 3.05) is 13.2 Å². The number of aliphatic hydroxyl groups is 4. The van der Waals surface area contributed by atoms with Crippen LogP contribution in [0.15, 0.2) is 0 Å². The molecule has 0 saturated heterocycles. The Morgan fingerprint density at radius 2 is 1.53 bits per heavy atom. The van der Waals surface area contributed by atoms with Gasteiger partial charge in [-0.3, -0.25) is 0 Å². The van der Waals surface area contributed by atoms with Crippen LogP contribution in [-0.4, -0.2) is 56.9 Å². The van der Waals surface area contributed by atoms with E-state index in [0.717, 1.165) is 0 Å². The number of nitrogens with two attached hydrogens (primary N) is 2. The predicted molar refractivity (Wildman–Crippen MR) is 56.0 cm³/mol. The molecule has 0 fully saturated rings. The molecule has 0 radical (unpaired) electrons. The quantitative estimate of drug-likeness (QED) is 0.295. The van der Waals surface area contributed by atoms with Gasteiger partial charge in [-0.15, -0.1) is 0 Å². The Morgan fingerprint density at radius 3 is 1.80 bits per heavy atom. The van der Waals surface area contributed by atoms with Crippen molar-refractivity contribution in [3.63, 3.8) is 0 Å². The first kappa shape index (κ1) is 14.8. The molecule has 4 unspecified atom stereocenters. The second-order valence-corrected chi connectivity index (χ2v) is 4.30. The molecule has 8 N–H and O–H groups in total. The SMILES string of the molecule is CCC(N)(CO)C(O)C(O)C(C)(N)CO. The van der Waals surface area contributed by atoms with E-state index in [2.05, 4.69) is 0 Å². The second-order valence-electron chi connectivity index (χ2n) is 4.30. The lowest BCUT2D eigenvalue weighted by atomic mass is 9.81. The normalized spacial score (nSPS) is 24.0. The van der Waals surface area contributed by atoms with Crippen molar-refractivity contribution in [3.05, 3.63) is 0 Å². The van der Waals surface area contributed by atoms with E-state index in [1.807, 2.05) is 0 Å². The Morgan fingerprint density at radius 1 is 1.07 bits per heavy atom. The first-order valence-corrected chi connectivity index (χ1v) is 4.90. The number of rotatable bonds is 6. The van der Waals surface area contributed by atoms with Crippen LogP contribution in [-0.2, 0) is 0 Å². The van der Waals surface area contributed by atoms with Gasteiger partial charge in [-0.25, -0.2) is 0 Å². The van der Waals surface area contributed by atoms with Gasteiger partial charge in [0.2, 0.25) is 0 Å². The van der Waals surface area contributed by atoms with Gasteiger partial charge in [0.15, 0.2) is 0 Å². The highest BCUT2D eigenvalue weighted by molar-refractivity contribution is 5.01. The third-order valence-electron chi connectivity index (χ3n) is 2.86. The van der Waals surface area contributed by atoms with E-state index in [-0.39, 0.29) is 6.42 Å². The Kier molecular flexibility index (Phi) is 5.12. The molecule has 15 heavy (non-hydrogen) atoms. The summed E-state index contributed by atoms with van der Waals surface area (Å²) in [4.78, 5) is 0. The molecule has 0 aliphatic heterocycles. The molecular weight excluding hydrogens is 200 g/mol. The first-order valence-electron chi connectivity index (χ1n) is 4.90. The van der Waals surface area contributed by atoms with E-state index >= 15 is 0 Å². The number of hydrogen-bond acceptors (Lipinski definition) is 6. The maximum absolute atomic E-state index is 9.78. The zero-order valence-electron chi connectivity index (χ0n) is 9.22. The van der Waals surface area contributed by atoms with Crippen LogP contribution in [0.1, 0.15) is 20.3 Å². The van der Waals surface area contributed by atoms with Crippen LogP contribution in [0.5, 0.6) is 0 Å². The average molecular weight is 222 g/mol. The third-order valence-corrected chi connectivity index (χ3v) is 2.86. The third kappa shape index (κ3) is 3.10. The van der Waals surface area contributed by atoms with Crippen molar-refractivity contribution in [1.29, 1.82) is 0 Å². The van der Waals surface area contributed by atoms with E-state index in [1.54, 1.807) is 6.92 Å². The van der Waals surface area contributed by atoms with Crippen molar-refractivity contribution >= 4 is 0 Å². The Hall–Kier alpha value is -0.240. The van der Waals surface area contributed by atoms with Gasteiger partial charge in [0, 0.05) is 0 Å². The molecule has 0 aromatic rings. The van der Waals surface area contributed by atoms with Crippen LogP contribution in [0.4, 0.5) is 0 Å². The average Bonchev–Trinajstić information content (AvgIpc) is 2.25. The van der Waals surface area contributed by atoms with Crippen molar-refractivity contribution in [1.82, 2.24) is 0 Å². The summed E-state index contributed by atoms with van der Waals surface area (Å²) in [6, 6.07) is 0. The largest absolute Gasteiger partial charge is 0.394 e. The lowest BCUT2D eigenvalue weighted by Crippen LogP contribution is -2.66. The van der Waals surface area contributed by atoms with E-state index in [9.17, 15) is 10.2 Å². The molecule has 6 heteroatoms. The van der Waals surface area contributed by atoms with Gasteiger partial charge in [0.1, 0.15) is 12.2 Å². The van der Waals surface area contributed by atoms with Crippen LogP contribution in [0, 0.1) is 0 Å². The van der Waals surface area contributed by atoms with Gasteiger partial charge in [-0.05, 0) is 13.3 Å². The standard InChI is InChI=1S/C9H22N2O4/c1-3-9(11,5-13)7(15)6(14)8(2,10)4-12/h6-7,12-15H,3-5,10-11H2,1-2H3. The molecule has 0 aliphatic carbocycles. The van der Waals surface area contributed by atoms with Crippen molar-refractivity contribution in [3.8, 4) is 0 Å². The van der Waals surface area contributed by atoms with Gasteiger partial charge >= 0.3 is 0 Å². The van der Waals surface area contributed by atoms with Crippen LogP contribution >= 0.6 is 0 Å². The molecule has 0 amide bonds. The van der Waals surface area contributed by atoms with Crippen molar-refractivity contribution in [2.24, 2.45) is 11.5 Å². The van der Waals surface area contributed by atoms with Gasteiger partial charge in [0.05, 0.1) is 24.3 Å². The van der Waals surface area contributed by atoms with Gasteiger partial charge in [0.25, 0.3) is 0 Å². The first-order chi connectivity index (χ1) is 6.75. The Balaban J connectivity index is 4.76. The molecule has 6 nitrogen and oxygen atoms in total. The Labute approximate surface area is 89.5 Å². The molecular formula is C9H22N2O4. The van der Waals surface area contributed by atoms with Crippen LogP contribution < -0.4 is 11.5 Å².